The molecule has 0 atom stereocenters. The Bertz CT molecular complexity index is 2280. The van der Waals surface area contributed by atoms with Crippen molar-refractivity contribution in [2.45, 2.75) is 96.4 Å². The van der Waals surface area contributed by atoms with Gasteiger partial charge < -0.3 is 19.5 Å². The molecule has 2 N–H and O–H groups in total. The molecule has 59 heavy (non-hydrogen) atoms. The maximum Gasteiger partial charge on any atom is 0.328 e. The van der Waals surface area contributed by atoms with Crippen molar-refractivity contribution in [3.05, 3.63) is 94.1 Å². The van der Waals surface area contributed by atoms with Crippen LogP contribution in [0.3, 0.4) is 0 Å². The molecule has 1 aromatic heterocycles. The van der Waals surface area contributed by atoms with Gasteiger partial charge in [0.05, 0.1) is 27.9 Å². The van der Waals surface area contributed by atoms with Crippen molar-refractivity contribution in [3.8, 4) is 11.8 Å². The summed E-state index contributed by atoms with van der Waals surface area (Å²) in [6.45, 7) is 8.61. The highest BCUT2D eigenvalue weighted by molar-refractivity contribution is 6.31. The number of hydrogen-bond donors (Lipinski definition) is 2. The lowest BCUT2D eigenvalue weighted by Gasteiger charge is -2.47. The minimum Gasteiger partial charge on any atom is -0.490 e. The van der Waals surface area contributed by atoms with Crippen LogP contribution in [-0.2, 0) is 11.3 Å². The van der Waals surface area contributed by atoms with E-state index in [0.29, 0.717) is 46.2 Å². The second-order valence-electron chi connectivity index (χ2n) is 17.1. The minimum atomic E-state index is -0.460. The number of nitrogens with one attached hydrogen (secondary N) is 2. The molecule has 5 amide bonds. The predicted molar refractivity (Wildman–Crippen MR) is 227 cm³/mol. The molecular weight excluding hydrogens is 766 g/mol. The number of benzene rings is 3. The average molecular weight is 818 g/mol. The molecule has 1 saturated carbocycles. The van der Waals surface area contributed by atoms with Crippen molar-refractivity contribution >= 4 is 51.9 Å². The van der Waals surface area contributed by atoms with Crippen molar-refractivity contribution in [2.24, 2.45) is 5.41 Å². The molecule has 1 aliphatic carbocycles. The highest BCUT2D eigenvalue weighted by Gasteiger charge is 2.40. The van der Waals surface area contributed by atoms with Crippen molar-refractivity contribution in [1.82, 2.24) is 25.0 Å². The molecule has 4 fully saturated rings. The van der Waals surface area contributed by atoms with Crippen LogP contribution in [0, 0.1) is 16.7 Å². The molecule has 1 spiro atoms. The molecule has 12 nitrogen and oxygen atoms in total. The second kappa shape index (κ2) is 17.1. The Morgan fingerprint density at radius 1 is 0.949 bits per heavy atom. The van der Waals surface area contributed by atoms with Gasteiger partial charge in [-0.05, 0) is 125 Å². The monoisotopic (exact) mass is 817 g/mol. The zero-order valence-corrected chi connectivity index (χ0v) is 34.6. The normalized spacial score (nSPS) is 21.1. The fourth-order valence-corrected chi connectivity index (χ4v) is 9.73. The summed E-state index contributed by atoms with van der Waals surface area (Å²) >= 11 is 6.17. The van der Waals surface area contributed by atoms with Crippen LogP contribution in [0.15, 0.2) is 66.9 Å². The number of ether oxygens (including phenoxy) is 1. The topological polar surface area (TPSA) is 140 Å². The van der Waals surface area contributed by atoms with E-state index < -0.39 is 6.03 Å². The first-order chi connectivity index (χ1) is 28.5. The third-order valence-electron chi connectivity index (χ3n) is 12.8. The van der Waals surface area contributed by atoms with Gasteiger partial charge in [0, 0.05) is 80.0 Å². The summed E-state index contributed by atoms with van der Waals surface area (Å²) in [7, 11) is 0. The lowest BCUT2D eigenvalue weighted by atomic mass is 9.72. The third kappa shape index (κ3) is 8.82. The first-order valence-electron chi connectivity index (χ1n) is 21.0. The lowest BCUT2D eigenvalue weighted by Crippen LogP contribution is -2.50. The highest BCUT2D eigenvalue weighted by atomic mass is 35.5. The van der Waals surface area contributed by atoms with E-state index in [1.165, 1.54) is 5.56 Å². The van der Waals surface area contributed by atoms with Crippen molar-refractivity contribution < 1.29 is 23.9 Å². The summed E-state index contributed by atoms with van der Waals surface area (Å²) in [5.74, 6) is 0.278. The Morgan fingerprint density at radius 3 is 2.41 bits per heavy atom. The van der Waals surface area contributed by atoms with Crippen LogP contribution in [0.2, 0.25) is 5.02 Å². The molecule has 3 aromatic carbocycles. The molecule has 4 heterocycles. The Kier molecular flexibility index (Phi) is 11.7. The number of anilines is 1. The van der Waals surface area contributed by atoms with E-state index in [0.717, 1.165) is 81.9 Å². The first kappa shape index (κ1) is 40.4. The maximum atomic E-state index is 14.2. The number of imide groups is 1. The Hall–Kier alpha value is -5.38. The van der Waals surface area contributed by atoms with Gasteiger partial charge in [-0.15, -0.1) is 0 Å². The standard InChI is InChI=1S/C46H52ClN7O5/c1-30(2)53-20-14-38-40(53)24-34(25-41(38)54-21-15-42(55)50-45(54)58)44(57)52-22-17-46(18-23-52)16-3-19-51(29-46)28-31-4-6-32(7-5-31)43(56)49-35-9-12-36(13-10-35)59-37-11-8-33(27-48)39(47)26-37/h4-8,11,14,20,24-26,30,35-36H,3,9-10,12-13,15-19,21-23,28-29H2,1-2H3,(H,49,56)(H,50,55,58). The van der Waals surface area contributed by atoms with E-state index in [1.807, 2.05) is 41.4 Å². The number of urea groups is 1. The van der Waals surface area contributed by atoms with Gasteiger partial charge in [0.2, 0.25) is 5.91 Å². The Labute approximate surface area is 350 Å². The number of aromatic nitrogens is 1. The molecule has 13 heteroatoms. The zero-order valence-electron chi connectivity index (χ0n) is 33.8. The molecule has 4 aromatic rings. The third-order valence-corrected chi connectivity index (χ3v) is 13.1. The summed E-state index contributed by atoms with van der Waals surface area (Å²) in [4.78, 5) is 58.3. The number of piperidine rings is 2. The largest absolute Gasteiger partial charge is 0.490 e. The summed E-state index contributed by atoms with van der Waals surface area (Å²) < 4.78 is 8.24. The van der Waals surface area contributed by atoms with Crippen LogP contribution in [-0.4, -0.2) is 83.0 Å². The molecule has 4 aliphatic rings. The van der Waals surface area contributed by atoms with Gasteiger partial charge in [0.1, 0.15) is 11.8 Å². The fraction of sp³-hybridized carbons (Fsp3) is 0.457. The Balaban J connectivity index is 0.837. The van der Waals surface area contributed by atoms with E-state index in [4.69, 9.17) is 21.6 Å². The maximum absolute atomic E-state index is 14.2. The van der Waals surface area contributed by atoms with Crippen LogP contribution in [0.25, 0.3) is 10.9 Å². The van der Waals surface area contributed by atoms with Crippen LogP contribution >= 0.6 is 11.6 Å². The number of carbonyl (C=O) groups is 4. The van der Waals surface area contributed by atoms with Crippen molar-refractivity contribution in [2.75, 3.05) is 37.6 Å². The van der Waals surface area contributed by atoms with Gasteiger partial charge in [0.25, 0.3) is 11.8 Å². The summed E-state index contributed by atoms with van der Waals surface area (Å²) in [5, 5.41) is 16.0. The molecule has 3 saturated heterocycles. The smallest absolute Gasteiger partial charge is 0.328 e. The van der Waals surface area contributed by atoms with E-state index in [-0.39, 0.29) is 54.3 Å². The van der Waals surface area contributed by atoms with Crippen molar-refractivity contribution in [3.63, 3.8) is 0 Å². The SMILES string of the molecule is CC(C)n1ccc2c(N3CCC(=O)NC3=O)cc(C(=O)N3CCC4(CCCN(Cc5ccc(C(=O)NC6CCC(Oc7ccc(C#N)c(Cl)c7)CC6)cc5)C4)CC3)cc21. The highest BCUT2D eigenvalue weighted by Crippen LogP contribution is 2.41. The van der Waals surface area contributed by atoms with Gasteiger partial charge in [-0.1, -0.05) is 23.7 Å². The second-order valence-corrected chi connectivity index (χ2v) is 17.5. The van der Waals surface area contributed by atoms with Gasteiger partial charge in [-0.2, -0.15) is 5.26 Å². The van der Waals surface area contributed by atoms with Gasteiger partial charge in [-0.3, -0.25) is 29.5 Å². The first-order valence-corrected chi connectivity index (χ1v) is 21.4. The van der Waals surface area contributed by atoms with E-state index >= 15 is 0 Å². The van der Waals surface area contributed by atoms with Crippen LogP contribution < -0.4 is 20.3 Å². The molecule has 308 valence electrons. The molecule has 8 rings (SSSR count). The molecule has 0 radical (unpaired) electrons. The van der Waals surface area contributed by atoms with Crippen LogP contribution in [0.4, 0.5) is 10.5 Å². The number of nitriles is 1. The number of hydrogen-bond acceptors (Lipinski definition) is 7. The Morgan fingerprint density at radius 2 is 1.71 bits per heavy atom. The van der Waals surface area contributed by atoms with Crippen molar-refractivity contribution in [1.29, 1.82) is 5.26 Å². The van der Waals surface area contributed by atoms with E-state index in [1.54, 1.807) is 23.1 Å². The number of amides is 5. The number of nitrogens with zero attached hydrogens (tertiary/aromatic N) is 5. The molecule has 0 unspecified atom stereocenters. The van der Waals surface area contributed by atoms with Gasteiger partial charge in [0.15, 0.2) is 0 Å². The minimum absolute atomic E-state index is 0.0306. The summed E-state index contributed by atoms with van der Waals surface area (Å²) in [5.41, 5.74) is 4.51. The summed E-state index contributed by atoms with van der Waals surface area (Å²) in [6.07, 6.45) is 9.66. The quantitative estimate of drug-likeness (QED) is 0.176. The lowest BCUT2D eigenvalue weighted by molar-refractivity contribution is -0.120. The number of likely N-dealkylation sites (tertiary alicyclic amines) is 2. The number of carbonyl (C=O) groups excluding carboxylic acids is 4. The number of fused-ring (bicyclic) bond motifs is 1. The van der Waals surface area contributed by atoms with E-state index in [9.17, 15) is 19.2 Å². The van der Waals surface area contributed by atoms with Gasteiger partial charge >= 0.3 is 6.03 Å². The predicted octanol–water partition coefficient (Wildman–Crippen LogP) is 7.83. The number of halogens is 1. The summed E-state index contributed by atoms with van der Waals surface area (Å²) in [6, 6.07) is 20.7. The van der Waals surface area contributed by atoms with Gasteiger partial charge in [-0.25, -0.2) is 4.79 Å². The molecule has 3 aliphatic heterocycles. The zero-order chi connectivity index (χ0) is 41.3. The number of rotatable bonds is 9. The van der Waals surface area contributed by atoms with Crippen LogP contribution in [0.5, 0.6) is 5.75 Å². The average Bonchev–Trinajstić information content (AvgIpc) is 3.67. The molecule has 0 bridgehead atoms. The molecular formula is C46H52ClN7O5. The van der Waals surface area contributed by atoms with E-state index in [2.05, 4.69) is 52.2 Å². The van der Waals surface area contributed by atoms with Crippen LogP contribution in [0.1, 0.15) is 110 Å². The fourth-order valence-electron chi connectivity index (χ4n) is 9.52.